The highest BCUT2D eigenvalue weighted by Crippen LogP contribution is 2.53. The lowest BCUT2D eigenvalue weighted by molar-refractivity contribution is 0.475. The third-order valence-corrected chi connectivity index (χ3v) is 6.62. The van der Waals surface area contributed by atoms with Crippen LogP contribution >= 0.6 is 34.7 Å². The summed E-state index contributed by atoms with van der Waals surface area (Å²) in [5.74, 6) is 2.53. The number of aliphatic imine (C=N–C) groups is 1. The van der Waals surface area contributed by atoms with Crippen LogP contribution in [0.3, 0.4) is 0 Å². The van der Waals surface area contributed by atoms with Gasteiger partial charge in [-0.3, -0.25) is 0 Å². The number of amidine groups is 1. The van der Waals surface area contributed by atoms with E-state index in [4.69, 9.17) is 32.9 Å². The molecule has 0 saturated heterocycles. The van der Waals surface area contributed by atoms with Crippen molar-refractivity contribution in [3.8, 4) is 10.9 Å². The summed E-state index contributed by atoms with van der Waals surface area (Å²) in [7, 11) is 1.87. The lowest BCUT2D eigenvalue weighted by Gasteiger charge is -2.12. The molecule has 0 amide bonds. The van der Waals surface area contributed by atoms with Gasteiger partial charge in [0, 0.05) is 29.5 Å². The van der Waals surface area contributed by atoms with Gasteiger partial charge < -0.3 is 10.1 Å². The second-order valence-corrected chi connectivity index (χ2v) is 9.60. The number of halogens is 2. The van der Waals surface area contributed by atoms with Crippen molar-refractivity contribution in [2.45, 2.75) is 39.0 Å². The van der Waals surface area contributed by atoms with Gasteiger partial charge in [-0.2, -0.15) is 9.36 Å². The predicted molar refractivity (Wildman–Crippen MR) is 129 cm³/mol. The number of hydrogen-bond donors (Lipinski definition) is 1. The van der Waals surface area contributed by atoms with E-state index >= 15 is 0 Å². The number of aryl methyl sites for hydroxylation is 1. The van der Waals surface area contributed by atoms with E-state index in [1.165, 1.54) is 17.1 Å². The third-order valence-electron chi connectivity index (χ3n) is 5.47. The molecule has 4 rings (SSSR count). The minimum Gasteiger partial charge on any atom is -0.428 e. The molecule has 1 saturated carbocycles. The van der Waals surface area contributed by atoms with E-state index in [2.05, 4.69) is 28.5 Å². The van der Waals surface area contributed by atoms with Crippen LogP contribution in [-0.4, -0.2) is 22.2 Å². The fourth-order valence-corrected chi connectivity index (χ4v) is 4.48. The Labute approximate surface area is 196 Å². The molecule has 0 atom stereocenters. The van der Waals surface area contributed by atoms with Crippen molar-refractivity contribution in [2.24, 2.45) is 10.9 Å². The van der Waals surface area contributed by atoms with Gasteiger partial charge >= 0.3 is 0 Å². The molecule has 31 heavy (non-hydrogen) atoms. The second-order valence-electron chi connectivity index (χ2n) is 8.05. The van der Waals surface area contributed by atoms with E-state index in [1.54, 1.807) is 0 Å². The monoisotopic (exact) mass is 474 g/mol. The molecule has 5 nitrogen and oxygen atoms in total. The summed E-state index contributed by atoms with van der Waals surface area (Å²) in [6, 6.07) is 11.6. The van der Waals surface area contributed by atoms with Gasteiger partial charge in [-0.1, -0.05) is 49.2 Å². The van der Waals surface area contributed by atoms with Crippen LogP contribution in [0.2, 0.25) is 10.0 Å². The van der Waals surface area contributed by atoms with E-state index in [9.17, 15) is 0 Å². The van der Waals surface area contributed by atoms with Crippen molar-refractivity contribution in [2.75, 3.05) is 7.05 Å². The largest absolute Gasteiger partial charge is 0.428 e. The summed E-state index contributed by atoms with van der Waals surface area (Å²) >= 11 is 13.8. The molecule has 1 aliphatic rings. The van der Waals surface area contributed by atoms with Crippen LogP contribution in [0.1, 0.15) is 43.6 Å². The maximum Gasteiger partial charge on any atom is 0.298 e. The van der Waals surface area contributed by atoms with Crippen molar-refractivity contribution < 1.29 is 4.74 Å². The molecular weight excluding hydrogens is 451 g/mol. The van der Waals surface area contributed by atoms with E-state index in [0.717, 1.165) is 40.8 Å². The van der Waals surface area contributed by atoms with E-state index < -0.39 is 0 Å². The van der Waals surface area contributed by atoms with Gasteiger partial charge in [0.2, 0.25) is 0 Å². The van der Waals surface area contributed by atoms with Gasteiger partial charge in [-0.15, -0.1) is 0 Å². The zero-order valence-corrected chi connectivity index (χ0v) is 20.2. The Morgan fingerprint density at radius 1 is 1.19 bits per heavy atom. The van der Waals surface area contributed by atoms with Gasteiger partial charge in [-0.05, 0) is 55.2 Å². The molecule has 1 aliphatic carbocycles. The van der Waals surface area contributed by atoms with Crippen molar-refractivity contribution in [3.63, 3.8) is 0 Å². The highest BCUT2D eigenvalue weighted by molar-refractivity contribution is 7.07. The van der Waals surface area contributed by atoms with Gasteiger partial charge in [0.15, 0.2) is 5.82 Å². The zero-order chi connectivity index (χ0) is 22.2. The lowest BCUT2D eigenvalue weighted by Crippen LogP contribution is -2.23. The molecule has 1 heterocycles. The van der Waals surface area contributed by atoms with Crippen LogP contribution in [0.4, 0.5) is 5.69 Å². The molecule has 1 N–H and O–H groups in total. The minimum atomic E-state index is -0.138. The highest BCUT2D eigenvalue weighted by atomic mass is 35.5. The van der Waals surface area contributed by atoms with E-state index in [1.807, 2.05) is 50.4 Å². The molecular formula is C23H24Cl2N4OS. The molecule has 8 heteroatoms. The summed E-state index contributed by atoms with van der Waals surface area (Å²) in [5, 5.41) is 4.83. The van der Waals surface area contributed by atoms with E-state index in [-0.39, 0.29) is 11.3 Å². The first-order valence-electron chi connectivity index (χ1n) is 10.2. The Morgan fingerprint density at radius 3 is 2.52 bits per heavy atom. The van der Waals surface area contributed by atoms with Crippen LogP contribution < -0.4 is 10.1 Å². The molecule has 0 spiro atoms. The number of benzene rings is 2. The van der Waals surface area contributed by atoms with Crippen molar-refractivity contribution in [3.05, 3.63) is 63.4 Å². The predicted octanol–water partition coefficient (Wildman–Crippen LogP) is 6.93. The summed E-state index contributed by atoms with van der Waals surface area (Å²) in [4.78, 5) is 9.37. The highest BCUT2D eigenvalue weighted by Gasteiger charge is 2.49. The Morgan fingerprint density at radius 2 is 1.90 bits per heavy atom. The SMILES string of the molecule is CNC(=Nc1cc(Cl)c(Oc2nc(C3(c4ccc(Cl)cc4)CC3)ns2)cc1C)C(C)C. The fraction of sp³-hybridized carbons (Fsp3) is 0.348. The summed E-state index contributed by atoms with van der Waals surface area (Å²) < 4.78 is 10.6. The molecule has 0 radical (unpaired) electrons. The maximum absolute atomic E-state index is 6.51. The number of ether oxygens (including phenoxy) is 1. The second kappa shape index (κ2) is 8.77. The first-order valence-corrected chi connectivity index (χ1v) is 11.7. The normalized spacial score (nSPS) is 15.3. The van der Waals surface area contributed by atoms with Gasteiger partial charge in [0.1, 0.15) is 11.6 Å². The quantitative estimate of drug-likeness (QED) is 0.310. The Kier molecular flexibility index (Phi) is 6.24. The fourth-order valence-electron chi connectivity index (χ4n) is 3.52. The molecule has 1 fully saturated rings. The van der Waals surface area contributed by atoms with Crippen LogP contribution in [-0.2, 0) is 5.41 Å². The number of hydrogen-bond acceptors (Lipinski definition) is 5. The van der Waals surface area contributed by atoms with Crippen LogP contribution in [0, 0.1) is 12.8 Å². The number of nitrogens with zero attached hydrogens (tertiary/aromatic N) is 3. The lowest BCUT2D eigenvalue weighted by atomic mass is 9.95. The molecule has 0 aliphatic heterocycles. The van der Waals surface area contributed by atoms with Crippen LogP contribution in [0.5, 0.6) is 10.9 Å². The number of rotatable bonds is 6. The van der Waals surface area contributed by atoms with Crippen LogP contribution in [0.15, 0.2) is 41.4 Å². The van der Waals surface area contributed by atoms with Crippen molar-refractivity contribution >= 4 is 46.3 Å². The van der Waals surface area contributed by atoms with Gasteiger partial charge in [-0.25, -0.2) is 4.99 Å². The van der Waals surface area contributed by atoms with E-state index in [0.29, 0.717) is 16.0 Å². The number of nitrogens with one attached hydrogen (secondary N) is 1. The third kappa shape index (κ3) is 4.56. The summed E-state index contributed by atoms with van der Waals surface area (Å²) in [5.41, 5.74) is 2.83. The van der Waals surface area contributed by atoms with Crippen LogP contribution in [0.25, 0.3) is 0 Å². The first kappa shape index (κ1) is 22.1. The molecule has 3 aromatic rings. The zero-order valence-electron chi connectivity index (χ0n) is 17.9. The Hall–Kier alpha value is -2.15. The minimum absolute atomic E-state index is 0.138. The topological polar surface area (TPSA) is 59.4 Å². The first-order chi connectivity index (χ1) is 14.8. The van der Waals surface area contributed by atoms with Gasteiger partial charge in [0.05, 0.1) is 16.1 Å². The standard InChI is InChI=1S/C23H24Cl2N4OS/c1-13(2)20(26-4)27-18-12-17(25)19(11-14(18)3)30-22-28-21(29-31-22)23(9-10-23)15-5-7-16(24)8-6-15/h5-8,11-13H,9-10H2,1-4H3,(H,26,27). The van der Waals surface area contributed by atoms with Crippen molar-refractivity contribution in [1.29, 1.82) is 0 Å². The molecule has 1 aromatic heterocycles. The molecule has 2 aromatic carbocycles. The average molecular weight is 475 g/mol. The summed E-state index contributed by atoms with van der Waals surface area (Å²) in [6.07, 6.45) is 2.03. The van der Waals surface area contributed by atoms with Gasteiger partial charge in [0.25, 0.3) is 5.19 Å². The number of aromatic nitrogens is 2. The molecule has 0 bridgehead atoms. The van der Waals surface area contributed by atoms with Crippen molar-refractivity contribution in [1.82, 2.24) is 14.7 Å². The Bertz CT molecular complexity index is 1120. The smallest absolute Gasteiger partial charge is 0.298 e. The summed E-state index contributed by atoms with van der Waals surface area (Å²) in [6.45, 7) is 6.17. The Balaban J connectivity index is 1.56. The molecule has 162 valence electrons. The molecule has 0 unspecified atom stereocenters. The maximum atomic E-state index is 6.51. The average Bonchev–Trinajstić information content (AvgIpc) is 3.41.